The molecule has 0 spiro atoms. The van der Waals surface area contributed by atoms with Crippen LogP contribution in [-0.4, -0.2) is 0 Å². The van der Waals surface area contributed by atoms with Crippen LogP contribution in [0.4, 0.5) is 0 Å². The average molecular weight is 226 g/mol. The lowest BCUT2D eigenvalue weighted by atomic mass is 9.84. The first-order valence-corrected chi connectivity index (χ1v) is 5.92. The van der Waals surface area contributed by atoms with Crippen LogP contribution in [0, 0.1) is 0 Å². The molecule has 0 saturated heterocycles. The molecule has 2 aromatic rings. The molecule has 0 amide bonds. The van der Waals surface area contributed by atoms with Gasteiger partial charge in [0, 0.05) is 11.0 Å². The highest BCUT2D eigenvalue weighted by Crippen LogP contribution is 2.27. The van der Waals surface area contributed by atoms with Crippen molar-refractivity contribution < 1.29 is 4.42 Å². The van der Waals surface area contributed by atoms with Crippen molar-refractivity contribution in [2.75, 3.05) is 0 Å². The molecule has 1 heterocycles. The molecule has 0 bridgehead atoms. The lowest BCUT2D eigenvalue weighted by molar-refractivity contribution is 0.582. The van der Waals surface area contributed by atoms with Gasteiger partial charge in [-0.3, -0.25) is 0 Å². The summed E-state index contributed by atoms with van der Waals surface area (Å²) < 4.78 is 5.38. The molecule has 0 fully saturated rings. The first-order chi connectivity index (χ1) is 8.13. The third kappa shape index (κ3) is 2.50. The zero-order valence-corrected chi connectivity index (χ0v) is 10.6. The van der Waals surface area contributed by atoms with Crippen LogP contribution in [0.5, 0.6) is 0 Å². The number of rotatable bonds is 3. The predicted octanol–water partition coefficient (Wildman–Crippen LogP) is 4.80. The van der Waals surface area contributed by atoms with Crippen molar-refractivity contribution in [3.8, 4) is 11.3 Å². The minimum atomic E-state index is 0.0798. The SMILES string of the molecule is C/C=C/C(C)(C)c1ccc(-c2ccco2)cc1. The molecule has 0 aliphatic carbocycles. The van der Waals surface area contributed by atoms with Crippen LogP contribution in [0.15, 0.2) is 59.2 Å². The van der Waals surface area contributed by atoms with Crippen LogP contribution in [0.25, 0.3) is 11.3 Å². The molecule has 0 radical (unpaired) electrons. The zero-order chi connectivity index (χ0) is 12.3. The maximum absolute atomic E-state index is 5.38. The highest BCUT2D eigenvalue weighted by Gasteiger charge is 2.16. The second kappa shape index (κ2) is 4.62. The van der Waals surface area contributed by atoms with Crippen LogP contribution < -0.4 is 0 Å². The minimum Gasteiger partial charge on any atom is -0.464 e. The molecule has 0 unspecified atom stereocenters. The summed E-state index contributed by atoms with van der Waals surface area (Å²) in [5, 5.41) is 0. The number of benzene rings is 1. The third-order valence-electron chi connectivity index (χ3n) is 3.02. The van der Waals surface area contributed by atoms with E-state index in [1.807, 2.05) is 12.1 Å². The maximum atomic E-state index is 5.38. The Balaban J connectivity index is 2.30. The van der Waals surface area contributed by atoms with E-state index in [2.05, 4.69) is 57.2 Å². The van der Waals surface area contributed by atoms with Gasteiger partial charge in [0.25, 0.3) is 0 Å². The van der Waals surface area contributed by atoms with E-state index in [0.29, 0.717) is 0 Å². The molecular weight excluding hydrogens is 208 g/mol. The van der Waals surface area contributed by atoms with E-state index in [4.69, 9.17) is 4.42 Å². The van der Waals surface area contributed by atoms with Crippen molar-refractivity contribution in [3.05, 3.63) is 60.4 Å². The van der Waals surface area contributed by atoms with Crippen molar-refractivity contribution in [1.29, 1.82) is 0 Å². The van der Waals surface area contributed by atoms with Crippen LogP contribution in [-0.2, 0) is 5.41 Å². The van der Waals surface area contributed by atoms with Gasteiger partial charge in [-0.25, -0.2) is 0 Å². The van der Waals surface area contributed by atoms with Crippen LogP contribution in [0.1, 0.15) is 26.3 Å². The standard InChI is InChI=1S/C16H18O/c1-4-11-16(2,3)14-9-7-13(8-10-14)15-6-5-12-17-15/h4-12H,1-3H3/b11-4+. The summed E-state index contributed by atoms with van der Waals surface area (Å²) in [7, 11) is 0. The fourth-order valence-corrected chi connectivity index (χ4v) is 2.02. The molecule has 17 heavy (non-hydrogen) atoms. The molecule has 1 aromatic carbocycles. The number of hydrogen-bond donors (Lipinski definition) is 0. The quantitative estimate of drug-likeness (QED) is 0.685. The predicted molar refractivity (Wildman–Crippen MR) is 72.0 cm³/mol. The van der Waals surface area contributed by atoms with E-state index in [0.717, 1.165) is 11.3 Å². The third-order valence-corrected chi connectivity index (χ3v) is 3.02. The molecule has 0 aliphatic heterocycles. The summed E-state index contributed by atoms with van der Waals surface area (Å²) in [5.74, 6) is 0.917. The monoisotopic (exact) mass is 226 g/mol. The van der Waals surface area contributed by atoms with E-state index in [-0.39, 0.29) is 5.41 Å². The largest absolute Gasteiger partial charge is 0.464 e. The van der Waals surface area contributed by atoms with Crippen LogP contribution >= 0.6 is 0 Å². The lowest BCUT2D eigenvalue weighted by Gasteiger charge is -2.21. The van der Waals surface area contributed by atoms with Crippen molar-refractivity contribution in [1.82, 2.24) is 0 Å². The molecule has 0 N–H and O–H groups in total. The second-order valence-electron chi connectivity index (χ2n) is 4.78. The van der Waals surface area contributed by atoms with E-state index in [1.165, 1.54) is 5.56 Å². The van der Waals surface area contributed by atoms with Gasteiger partial charge in [0.1, 0.15) is 5.76 Å². The van der Waals surface area contributed by atoms with Gasteiger partial charge in [-0.15, -0.1) is 0 Å². The lowest BCUT2D eigenvalue weighted by Crippen LogP contribution is -2.12. The van der Waals surface area contributed by atoms with Gasteiger partial charge in [-0.2, -0.15) is 0 Å². The fraction of sp³-hybridized carbons (Fsp3) is 0.250. The highest BCUT2D eigenvalue weighted by atomic mass is 16.3. The van der Waals surface area contributed by atoms with Gasteiger partial charge in [0.05, 0.1) is 6.26 Å². The van der Waals surface area contributed by atoms with Crippen molar-refractivity contribution in [2.45, 2.75) is 26.2 Å². The summed E-state index contributed by atoms with van der Waals surface area (Å²) in [5.41, 5.74) is 2.51. The summed E-state index contributed by atoms with van der Waals surface area (Å²) >= 11 is 0. The first kappa shape index (κ1) is 11.7. The number of allylic oxidation sites excluding steroid dienone is 2. The molecule has 1 aromatic heterocycles. The van der Waals surface area contributed by atoms with Gasteiger partial charge in [0.15, 0.2) is 0 Å². The Morgan fingerprint density at radius 1 is 1.06 bits per heavy atom. The van der Waals surface area contributed by atoms with Crippen molar-refractivity contribution in [3.63, 3.8) is 0 Å². The van der Waals surface area contributed by atoms with E-state index in [9.17, 15) is 0 Å². The number of furan rings is 1. The van der Waals surface area contributed by atoms with Gasteiger partial charge in [-0.1, -0.05) is 50.3 Å². The second-order valence-corrected chi connectivity index (χ2v) is 4.78. The van der Waals surface area contributed by atoms with Gasteiger partial charge >= 0.3 is 0 Å². The molecule has 0 atom stereocenters. The molecule has 2 rings (SSSR count). The topological polar surface area (TPSA) is 13.1 Å². The summed E-state index contributed by atoms with van der Waals surface area (Å²) in [6.07, 6.45) is 6.02. The Bertz CT molecular complexity index is 487. The maximum Gasteiger partial charge on any atom is 0.133 e. The van der Waals surface area contributed by atoms with E-state index in [1.54, 1.807) is 6.26 Å². The van der Waals surface area contributed by atoms with Gasteiger partial charge in [0.2, 0.25) is 0 Å². The Morgan fingerprint density at radius 2 is 1.76 bits per heavy atom. The summed E-state index contributed by atoms with van der Waals surface area (Å²) in [4.78, 5) is 0. The first-order valence-electron chi connectivity index (χ1n) is 5.92. The normalized spacial score (nSPS) is 12.2. The summed E-state index contributed by atoms with van der Waals surface area (Å²) in [6, 6.07) is 12.4. The Labute approximate surface area is 103 Å². The van der Waals surface area contributed by atoms with Crippen LogP contribution in [0.3, 0.4) is 0 Å². The van der Waals surface area contributed by atoms with Gasteiger partial charge < -0.3 is 4.42 Å². The Kier molecular flexibility index (Phi) is 3.19. The molecular formula is C16H18O. The Morgan fingerprint density at radius 3 is 2.29 bits per heavy atom. The Hall–Kier alpha value is -1.76. The van der Waals surface area contributed by atoms with Crippen LogP contribution in [0.2, 0.25) is 0 Å². The molecule has 0 saturated carbocycles. The smallest absolute Gasteiger partial charge is 0.133 e. The summed E-state index contributed by atoms with van der Waals surface area (Å²) in [6.45, 7) is 6.49. The van der Waals surface area contributed by atoms with E-state index < -0.39 is 0 Å². The molecule has 0 aliphatic rings. The highest BCUT2D eigenvalue weighted by molar-refractivity contribution is 5.58. The molecule has 1 heteroatoms. The molecule has 1 nitrogen and oxygen atoms in total. The van der Waals surface area contributed by atoms with Gasteiger partial charge in [-0.05, 0) is 24.6 Å². The minimum absolute atomic E-state index is 0.0798. The molecule has 88 valence electrons. The van der Waals surface area contributed by atoms with Crippen molar-refractivity contribution in [2.24, 2.45) is 0 Å². The van der Waals surface area contributed by atoms with E-state index >= 15 is 0 Å². The number of hydrogen-bond acceptors (Lipinski definition) is 1. The fourth-order valence-electron chi connectivity index (χ4n) is 2.02. The van der Waals surface area contributed by atoms with Crippen molar-refractivity contribution >= 4 is 0 Å². The zero-order valence-electron chi connectivity index (χ0n) is 10.6. The average Bonchev–Trinajstić information content (AvgIpc) is 2.82.